The molecule has 0 bridgehead atoms. The molecule has 1 unspecified atom stereocenters. The van der Waals surface area contributed by atoms with Gasteiger partial charge in [0.1, 0.15) is 5.65 Å². The smallest absolute Gasteiger partial charge is 0.255 e. The number of hydrogen-bond donors (Lipinski definition) is 0. The van der Waals surface area contributed by atoms with Crippen LogP contribution in [0.2, 0.25) is 0 Å². The summed E-state index contributed by atoms with van der Waals surface area (Å²) < 4.78 is 1.45. The van der Waals surface area contributed by atoms with Gasteiger partial charge in [-0.3, -0.25) is 9.13 Å². The van der Waals surface area contributed by atoms with E-state index in [0.29, 0.717) is 5.65 Å². The third kappa shape index (κ3) is 1.03. The minimum absolute atomic E-state index is 0.0637. The molecule has 0 amide bonds. The molecule has 0 saturated heterocycles. The fraction of sp³-hybridized carbons (Fsp3) is 0. The summed E-state index contributed by atoms with van der Waals surface area (Å²) in [4.78, 5) is 15.2. The maximum atomic E-state index is 11.1. The van der Waals surface area contributed by atoms with Crippen molar-refractivity contribution < 1.29 is 0 Å². The van der Waals surface area contributed by atoms with E-state index in [1.165, 1.54) is 10.4 Å². The lowest BCUT2D eigenvalue weighted by atomic mass is 10.3. The van der Waals surface area contributed by atoms with Crippen LogP contribution in [0.1, 0.15) is 0 Å². The lowest BCUT2D eigenvalue weighted by molar-refractivity contribution is 1.16. The topological polar surface area (TPSA) is 34.9 Å². The van der Waals surface area contributed by atoms with Gasteiger partial charge in [0.15, 0.2) is 0 Å². The minimum atomic E-state index is -0.0637. The van der Waals surface area contributed by atoms with Crippen molar-refractivity contribution in [1.29, 1.82) is 0 Å². The molecule has 4 heteroatoms. The maximum Gasteiger partial charge on any atom is 0.255 e. The third-order valence-corrected chi connectivity index (χ3v) is 2.19. The van der Waals surface area contributed by atoms with Gasteiger partial charge < -0.3 is 0 Å². The summed E-state index contributed by atoms with van der Waals surface area (Å²) in [5.74, 6) is 0. The first-order chi connectivity index (χ1) is 5.79. The quantitative estimate of drug-likeness (QED) is 0.565. The van der Waals surface area contributed by atoms with E-state index >= 15 is 0 Å². The summed E-state index contributed by atoms with van der Waals surface area (Å²) >= 11 is 0. The molecule has 0 saturated carbocycles. The van der Waals surface area contributed by atoms with Crippen LogP contribution in [0.3, 0.4) is 0 Å². The van der Waals surface area contributed by atoms with Gasteiger partial charge >= 0.3 is 0 Å². The maximum absolute atomic E-state index is 11.1. The Morgan fingerprint density at radius 2 is 2.17 bits per heavy atom. The average molecular weight is 178 g/mol. The number of hydrogen-bond acceptors (Lipinski definition) is 2. The van der Waals surface area contributed by atoms with Crippen molar-refractivity contribution in [2.24, 2.45) is 0 Å². The Hall–Kier alpha value is -1.21. The van der Waals surface area contributed by atoms with Crippen LogP contribution in [0.4, 0.5) is 0 Å². The van der Waals surface area contributed by atoms with E-state index in [4.69, 9.17) is 0 Å². The molecule has 0 aliphatic carbocycles. The first-order valence-corrected chi connectivity index (χ1v) is 4.02. The summed E-state index contributed by atoms with van der Waals surface area (Å²) in [6, 6.07) is 7.06. The highest BCUT2D eigenvalue weighted by Crippen LogP contribution is 2.08. The lowest BCUT2D eigenvalue weighted by Gasteiger charge is -2.00. The Morgan fingerprint density at radius 3 is 3.00 bits per heavy atom. The van der Waals surface area contributed by atoms with E-state index in [9.17, 15) is 4.79 Å². The van der Waals surface area contributed by atoms with Crippen molar-refractivity contribution in [3.8, 4) is 0 Å². The molecule has 0 aliphatic rings. The predicted octanol–water partition coefficient (Wildman–Crippen LogP) is 1.03. The van der Waals surface area contributed by atoms with Crippen molar-refractivity contribution >= 4 is 20.4 Å². The zero-order chi connectivity index (χ0) is 8.55. The normalized spacial score (nSPS) is 10.4. The van der Waals surface area contributed by atoms with E-state index in [0.717, 1.165) is 5.39 Å². The van der Waals surface area contributed by atoms with Crippen LogP contribution in [-0.2, 0) is 0 Å². The second-order valence-corrected chi connectivity index (χ2v) is 2.97. The second-order valence-electron chi connectivity index (χ2n) is 2.46. The van der Waals surface area contributed by atoms with E-state index < -0.39 is 0 Å². The summed E-state index contributed by atoms with van der Waals surface area (Å²) in [6.45, 7) is 0. The standard InChI is InChI=1S/C8H7N2OP/c11-7-4-3-6-2-1-5-9-8(6)10(7)12/h1-5H,12H2. The van der Waals surface area contributed by atoms with Gasteiger partial charge in [0.2, 0.25) is 0 Å². The molecule has 0 aliphatic heterocycles. The van der Waals surface area contributed by atoms with Crippen molar-refractivity contribution in [3.63, 3.8) is 0 Å². The van der Waals surface area contributed by atoms with E-state index in [-0.39, 0.29) is 5.56 Å². The molecule has 0 radical (unpaired) electrons. The third-order valence-electron chi connectivity index (χ3n) is 1.69. The molecule has 0 aromatic carbocycles. The van der Waals surface area contributed by atoms with Crippen molar-refractivity contribution in [1.82, 2.24) is 9.32 Å². The second kappa shape index (κ2) is 2.68. The molecule has 2 rings (SSSR count). The van der Waals surface area contributed by atoms with Gasteiger partial charge in [-0.15, -0.1) is 0 Å². The van der Waals surface area contributed by atoms with Crippen molar-refractivity contribution in [3.05, 3.63) is 40.8 Å². The van der Waals surface area contributed by atoms with E-state index in [1.54, 1.807) is 12.3 Å². The molecule has 0 N–H and O–H groups in total. The average Bonchev–Trinajstić information content (AvgIpc) is 2.12. The fourth-order valence-corrected chi connectivity index (χ4v) is 1.39. The summed E-state index contributed by atoms with van der Waals surface area (Å²) in [6.07, 6.45) is 1.67. The van der Waals surface area contributed by atoms with Crippen LogP contribution in [0.25, 0.3) is 11.0 Å². The molecule has 1 atom stereocenters. The molecular weight excluding hydrogens is 171 g/mol. The Kier molecular flexibility index (Phi) is 1.66. The van der Waals surface area contributed by atoms with E-state index in [2.05, 4.69) is 14.4 Å². The highest BCUT2D eigenvalue weighted by atomic mass is 31.0. The molecule has 2 aromatic heterocycles. The number of fused-ring (bicyclic) bond motifs is 1. The minimum Gasteiger partial charge on any atom is -0.277 e. The van der Waals surface area contributed by atoms with Gasteiger partial charge in [0, 0.05) is 17.6 Å². The van der Waals surface area contributed by atoms with Crippen LogP contribution < -0.4 is 5.56 Å². The lowest BCUT2D eigenvalue weighted by Crippen LogP contribution is -2.10. The van der Waals surface area contributed by atoms with Crippen molar-refractivity contribution in [2.75, 3.05) is 0 Å². The van der Waals surface area contributed by atoms with Crippen LogP contribution in [-0.4, -0.2) is 9.32 Å². The molecule has 2 aromatic rings. The molecule has 60 valence electrons. The van der Waals surface area contributed by atoms with Gasteiger partial charge in [-0.25, -0.2) is 4.98 Å². The SMILES string of the molecule is O=c1ccc2cccnc2n1P. The summed E-state index contributed by atoms with van der Waals surface area (Å²) in [5.41, 5.74) is 0.626. The molecule has 12 heavy (non-hydrogen) atoms. The Balaban J connectivity index is 3.01. The van der Waals surface area contributed by atoms with Crippen LogP contribution in [0.15, 0.2) is 35.3 Å². The Bertz CT molecular complexity index is 478. The van der Waals surface area contributed by atoms with Gasteiger partial charge in [0.25, 0.3) is 5.56 Å². The van der Waals surface area contributed by atoms with Gasteiger partial charge in [-0.05, 0) is 27.6 Å². The number of aromatic nitrogens is 2. The highest BCUT2D eigenvalue weighted by molar-refractivity contribution is 7.14. The summed E-state index contributed by atoms with van der Waals surface area (Å²) in [5, 5.41) is 0.965. The van der Waals surface area contributed by atoms with Gasteiger partial charge in [-0.2, -0.15) is 0 Å². The number of nitrogens with zero attached hydrogens (tertiary/aromatic N) is 2. The fourth-order valence-electron chi connectivity index (χ4n) is 1.09. The number of rotatable bonds is 0. The number of pyridine rings is 2. The Labute approximate surface area is 71.3 Å². The van der Waals surface area contributed by atoms with Crippen LogP contribution in [0, 0.1) is 0 Å². The largest absolute Gasteiger partial charge is 0.277 e. The molecule has 3 nitrogen and oxygen atoms in total. The zero-order valence-electron chi connectivity index (χ0n) is 6.27. The first-order valence-electron chi connectivity index (χ1n) is 3.51. The van der Waals surface area contributed by atoms with Gasteiger partial charge in [0.05, 0.1) is 0 Å². The van der Waals surface area contributed by atoms with Gasteiger partial charge in [-0.1, -0.05) is 0 Å². The van der Waals surface area contributed by atoms with E-state index in [1.807, 2.05) is 12.1 Å². The van der Waals surface area contributed by atoms with Crippen LogP contribution >= 0.6 is 9.39 Å². The first kappa shape index (κ1) is 7.44. The zero-order valence-corrected chi connectivity index (χ0v) is 7.42. The molecule has 2 heterocycles. The van der Waals surface area contributed by atoms with Crippen LogP contribution in [0.5, 0.6) is 0 Å². The molecular formula is C8H7N2OP. The van der Waals surface area contributed by atoms with Crippen molar-refractivity contribution in [2.45, 2.75) is 0 Å². The summed E-state index contributed by atoms with van der Waals surface area (Å²) in [7, 11) is 2.34. The Morgan fingerprint density at radius 1 is 1.33 bits per heavy atom. The predicted molar refractivity (Wildman–Crippen MR) is 51.1 cm³/mol. The monoisotopic (exact) mass is 178 g/mol. The molecule has 0 fully saturated rings. The molecule has 0 spiro atoms. The highest BCUT2D eigenvalue weighted by Gasteiger charge is 1.97.